The van der Waals surface area contributed by atoms with Crippen LogP contribution < -0.4 is 0 Å². The summed E-state index contributed by atoms with van der Waals surface area (Å²) in [5.74, 6) is 0.754. The van der Waals surface area contributed by atoms with Crippen molar-refractivity contribution in [2.45, 2.75) is 26.3 Å². The first kappa shape index (κ1) is 11.1. The molecule has 3 heteroatoms. The van der Waals surface area contributed by atoms with Crippen LogP contribution in [0, 0.1) is 5.92 Å². The Morgan fingerprint density at radius 3 is 2.50 bits per heavy atom. The SMILES string of the molecule is C=C1CC(C)C(C)N1CC(=O)N(C)C. The molecule has 1 amide bonds. The molecule has 3 nitrogen and oxygen atoms in total. The maximum absolute atomic E-state index is 11.5. The van der Waals surface area contributed by atoms with E-state index < -0.39 is 0 Å². The minimum absolute atomic E-state index is 0.145. The Balaban J connectivity index is 2.60. The van der Waals surface area contributed by atoms with Gasteiger partial charge in [-0.1, -0.05) is 13.5 Å². The molecular formula is C11H20N2O. The Hall–Kier alpha value is -0.990. The molecule has 1 rings (SSSR count). The quantitative estimate of drug-likeness (QED) is 0.665. The lowest BCUT2D eigenvalue weighted by molar-refractivity contribution is -0.129. The van der Waals surface area contributed by atoms with Crippen LogP contribution in [0.3, 0.4) is 0 Å². The van der Waals surface area contributed by atoms with Crippen LogP contribution in [0.5, 0.6) is 0 Å². The topological polar surface area (TPSA) is 23.6 Å². The van der Waals surface area contributed by atoms with E-state index in [-0.39, 0.29) is 5.91 Å². The molecule has 1 fully saturated rings. The summed E-state index contributed by atoms with van der Waals surface area (Å²) in [6.45, 7) is 8.84. The summed E-state index contributed by atoms with van der Waals surface area (Å²) in [5.41, 5.74) is 1.10. The van der Waals surface area contributed by atoms with Gasteiger partial charge in [-0.15, -0.1) is 0 Å². The second-order valence-electron chi connectivity index (χ2n) is 4.40. The van der Waals surface area contributed by atoms with Crippen molar-refractivity contribution in [3.8, 4) is 0 Å². The highest BCUT2D eigenvalue weighted by Crippen LogP contribution is 2.30. The zero-order valence-electron chi connectivity index (χ0n) is 9.58. The number of hydrogen-bond acceptors (Lipinski definition) is 2. The van der Waals surface area contributed by atoms with E-state index >= 15 is 0 Å². The highest BCUT2D eigenvalue weighted by molar-refractivity contribution is 5.78. The maximum Gasteiger partial charge on any atom is 0.241 e. The minimum Gasteiger partial charge on any atom is -0.363 e. The van der Waals surface area contributed by atoms with E-state index in [0.29, 0.717) is 18.5 Å². The Kier molecular flexibility index (Phi) is 3.19. The molecule has 80 valence electrons. The van der Waals surface area contributed by atoms with Gasteiger partial charge in [0.15, 0.2) is 0 Å². The van der Waals surface area contributed by atoms with Gasteiger partial charge in [0.2, 0.25) is 5.91 Å². The second kappa shape index (κ2) is 4.03. The summed E-state index contributed by atoms with van der Waals surface area (Å²) < 4.78 is 0. The summed E-state index contributed by atoms with van der Waals surface area (Å²) in [7, 11) is 3.57. The molecule has 0 bridgehead atoms. The van der Waals surface area contributed by atoms with Crippen molar-refractivity contribution < 1.29 is 4.79 Å². The third kappa shape index (κ3) is 2.08. The smallest absolute Gasteiger partial charge is 0.241 e. The van der Waals surface area contributed by atoms with Crippen LogP contribution in [0.2, 0.25) is 0 Å². The van der Waals surface area contributed by atoms with Crippen LogP contribution in [0.25, 0.3) is 0 Å². The van der Waals surface area contributed by atoms with E-state index in [0.717, 1.165) is 12.1 Å². The Bertz CT molecular complexity index is 248. The fourth-order valence-corrected chi connectivity index (χ4v) is 1.80. The lowest BCUT2D eigenvalue weighted by Gasteiger charge is -2.26. The van der Waals surface area contributed by atoms with Crippen LogP contribution in [-0.2, 0) is 4.79 Å². The fraction of sp³-hybridized carbons (Fsp3) is 0.727. The van der Waals surface area contributed by atoms with Crippen molar-refractivity contribution in [2.24, 2.45) is 5.92 Å². The lowest BCUT2D eigenvalue weighted by Crippen LogP contribution is -2.38. The number of allylic oxidation sites excluding steroid dienone is 1. The average Bonchev–Trinajstić information content (AvgIpc) is 2.32. The molecule has 2 unspecified atom stereocenters. The summed E-state index contributed by atoms with van der Waals surface area (Å²) in [5, 5.41) is 0. The zero-order valence-corrected chi connectivity index (χ0v) is 9.58. The normalized spacial score (nSPS) is 26.9. The van der Waals surface area contributed by atoms with Crippen molar-refractivity contribution in [2.75, 3.05) is 20.6 Å². The molecule has 0 radical (unpaired) electrons. The van der Waals surface area contributed by atoms with Gasteiger partial charge in [-0.3, -0.25) is 4.79 Å². The first-order valence-corrected chi connectivity index (χ1v) is 5.08. The van der Waals surface area contributed by atoms with Crippen molar-refractivity contribution in [3.05, 3.63) is 12.3 Å². The monoisotopic (exact) mass is 196 g/mol. The summed E-state index contributed by atoms with van der Waals surface area (Å²) >= 11 is 0. The largest absolute Gasteiger partial charge is 0.363 e. The number of hydrogen-bond donors (Lipinski definition) is 0. The van der Waals surface area contributed by atoms with Crippen molar-refractivity contribution >= 4 is 5.91 Å². The van der Waals surface area contributed by atoms with Crippen LogP contribution in [-0.4, -0.2) is 42.4 Å². The van der Waals surface area contributed by atoms with Gasteiger partial charge in [0.25, 0.3) is 0 Å². The van der Waals surface area contributed by atoms with Gasteiger partial charge in [-0.2, -0.15) is 0 Å². The molecule has 0 aromatic carbocycles. The maximum atomic E-state index is 11.5. The molecule has 14 heavy (non-hydrogen) atoms. The van der Waals surface area contributed by atoms with Gasteiger partial charge < -0.3 is 9.80 Å². The van der Waals surface area contributed by atoms with Gasteiger partial charge in [-0.25, -0.2) is 0 Å². The molecule has 0 aliphatic carbocycles. The third-order valence-corrected chi connectivity index (χ3v) is 3.08. The molecule has 0 aromatic heterocycles. The van der Waals surface area contributed by atoms with E-state index in [1.54, 1.807) is 19.0 Å². The lowest BCUT2D eigenvalue weighted by atomic mass is 10.0. The van der Waals surface area contributed by atoms with E-state index in [1.807, 2.05) is 0 Å². The van der Waals surface area contributed by atoms with E-state index in [4.69, 9.17) is 0 Å². The molecule has 0 N–H and O–H groups in total. The van der Waals surface area contributed by atoms with Gasteiger partial charge in [0.1, 0.15) is 0 Å². The number of likely N-dealkylation sites (N-methyl/N-ethyl adjacent to an activating group) is 1. The Labute approximate surface area is 86.4 Å². The van der Waals surface area contributed by atoms with Gasteiger partial charge in [0, 0.05) is 25.8 Å². The minimum atomic E-state index is 0.145. The molecule has 0 saturated carbocycles. The van der Waals surface area contributed by atoms with E-state index in [1.165, 1.54) is 0 Å². The number of carbonyl (C=O) groups excluding carboxylic acids is 1. The van der Waals surface area contributed by atoms with Crippen LogP contribution in [0.1, 0.15) is 20.3 Å². The second-order valence-corrected chi connectivity index (χ2v) is 4.40. The number of likely N-dealkylation sites (tertiary alicyclic amines) is 1. The van der Waals surface area contributed by atoms with Gasteiger partial charge >= 0.3 is 0 Å². The third-order valence-electron chi connectivity index (χ3n) is 3.08. The van der Waals surface area contributed by atoms with Crippen LogP contribution in [0.4, 0.5) is 0 Å². The zero-order chi connectivity index (χ0) is 10.9. The highest BCUT2D eigenvalue weighted by atomic mass is 16.2. The molecule has 0 spiro atoms. The predicted molar refractivity (Wildman–Crippen MR) is 57.8 cm³/mol. The van der Waals surface area contributed by atoms with E-state index in [9.17, 15) is 4.79 Å². The number of amides is 1. The first-order valence-electron chi connectivity index (χ1n) is 5.08. The summed E-state index contributed by atoms with van der Waals surface area (Å²) in [6.07, 6.45) is 1.02. The van der Waals surface area contributed by atoms with E-state index in [2.05, 4.69) is 25.3 Å². The number of nitrogens with zero attached hydrogens (tertiary/aromatic N) is 2. The van der Waals surface area contributed by atoms with Gasteiger partial charge in [0.05, 0.1) is 6.54 Å². The molecule has 1 aliphatic rings. The highest BCUT2D eigenvalue weighted by Gasteiger charge is 2.30. The van der Waals surface area contributed by atoms with Crippen molar-refractivity contribution in [1.82, 2.24) is 9.80 Å². The summed E-state index contributed by atoms with van der Waals surface area (Å²) in [6, 6.07) is 0.436. The fourth-order valence-electron chi connectivity index (χ4n) is 1.80. The van der Waals surface area contributed by atoms with Crippen LogP contribution in [0.15, 0.2) is 12.3 Å². The Morgan fingerprint density at radius 1 is 1.57 bits per heavy atom. The van der Waals surface area contributed by atoms with Crippen molar-refractivity contribution in [1.29, 1.82) is 0 Å². The molecule has 1 saturated heterocycles. The molecule has 0 aromatic rings. The van der Waals surface area contributed by atoms with Crippen molar-refractivity contribution in [3.63, 3.8) is 0 Å². The average molecular weight is 196 g/mol. The molecule has 1 heterocycles. The van der Waals surface area contributed by atoms with Crippen LogP contribution >= 0.6 is 0 Å². The predicted octanol–water partition coefficient (Wildman–Crippen LogP) is 1.32. The Morgan fingerprint density at radius 2 is 2.14 bits per heavy atom. The number of rotatable bonds is 2. The first-order chi connectivity index (χ1) is 6.43. The standard InChI is InChI=1S/C11H20N2O/c1-8-6-9(2)13(10(8)3)7-11(14)12(4)5/h8,10H,2,6-7H2,1,3-5H3. The molecular weight excluding hydrogens is 176 g/mol. The number of carbonyl (C=O) groups is 1. The van der Waals surface area contributed by atoms with Gasteiger partial charge in [-0.05, 0) is 19.3 Å². The molecule has 1 aliphatic heterocycles. The summed E-state index contributed by atoms with van der Waals surface area (Å²) in [4.78, 5) is 15.3. The molecule has 2 atom stereocenters.